The summed E-state index contributed by atoms with van der Waals surface area (Å²) in [5, 5.41) is 3.61. The maximum absolute atomic E-state index is 12.2. The van der Waals surface area contributed by atoms with Gasteiger partial charge in [-0.15, -0.1) is 11.3 Å². The van der Waals surface area contributed by atoms with Crippen LogP contribution in [0.25, 0.3) is 10.1 Å². The molecular weight excluding hydrogens is 340 g/mol. The van der Waals surface area contributed by atoms with Crippen molar-refractivity contribution in [3.63, 3.8) is 0 Å². The van der Waals surface area contributed by atoms with Gasteiger partial charge in [-0.1, -0.05) is 22.0 Å². The predicted molar refractivity (Wildman–Crippen MR) is 83.9 cm³/mol. The van der Waals surface area contributed by atoms with Crippen molar-refractivity contribution in [1.82, 2.24) is 9.97 Å². The molecule has 0 atom stereocenters. The van der Waals surface area contributed by atoms with Gasteiger partial charge in [-0.2, -0.15) is 0 Å². The van der Waals surface area contributed by atoms with Crippen LogP contribution in [-0.2, 0) is 0 Å². The first-order valence-electron chi connectivity index (χ1n) is 5.69. The molecule has 2 aromatic heterocycles. The van der Waals surface area contributed by atoms with E-state index in [1.54, 1.807) is 0 Å². The quantitative estimate of drug-likeness (QED) is 0.744. The Hall–Kier alpha value is -1.99. The summed E-state index contributed by atoms with van der Waals surface area (Å²) in [5.74, 6) is -0.255. The van der Waals surface area contributed by atoms with E-state index >= 15 is 0 Å². The number of amides is 1. The Bertz CT molecular complexity index is 788. The Labute approximate surface area is 127 Å². The molecule has 0 spiro atoms. The van der Waals surface area contributed by atoms with Crippen LogP contribution in [0.5, 0.6) is 0 Å². The molecule has 3 N–H and O–H groups in total. The van der Waals surface area contributed by atoms with E-state index in [1.165, 1.54) is 30.1 Å². The maximum atomic E-state index is 12.2. The average Bonchev–Trinajstić information content (AvgIpc) is 2.76. The molecule has 0 saturated carbocycles. The molecule has 7 heteroatoms. The number of thiophene rings is 1. The zero-order valence-electron chi connectivity index (χ0n) is 10.1. The summed E-state index contributed by atoms with van der Waals surface area (Å²) < 4.78 is 1.92. The lowest BCUT2D eigenvalue weighted by Crippen LogP contribution is -2.12. The first-order valence-corrected chi connectivity index (χ1v) is 7.30. The number of nitrogens with one attached hydrogen (secondary N) is 1. The van der Waals surface area contributed by atoms with Gasteiger partial charge in [0.25, 0.3) is 5.91 Å². The lowest BCUT2D eigenvalue weighted by molar-refractivity contribution is 0.103. The fourth-order valence-electron chi connectivity index (χ4n) is 1.81. The van der Waals surface area contributed by atoms with Crippen LogP contribution in [-0.4, -0.2) is 15.9 Å². The number of hydrogen-bond donors (Lipinski definition) is 2. The fourth-order valence-corrected chi connectivity index (χ4v) is 3.38. The van der Waals surface area contributed by atoms with Crippen LogP contribution in [0.4, 0.5) is 11.4 Å². The zero-order valence-corrected chi connectivity index (χ0v) is 12.5. The summed E-state index contributed by atoms with van der Waals surface area (Å²) in [4.78, 5) is 20.4. The Kier molecular flexibility index (Phi) is 3.37. The molecule has 0 aliphatic carbocycles. The number of rotatable bonds is 2. The molecular formula is C13H9BrN4OS. The highest BCUT2D eigenvalue weighted by Crippen LogP contribution is 2.35. The minimum absolute atomic E-state index is 0.255. The van der Waals surface area contributed by atoms with Gasteiger partial charge >= 0.3 is 0 Å². The summed E-state index contributed by atoms with van der Waals surface area (Å²) >= 11 is 4.76. The number of nitrogens with two attached hydrogens (primary N) is 1. The minimum atomic E-state index is -0.255. The molecule has 0 saturated heterocycles. The Balaban J connectivity index is 1.97. The molecule has 3 aromatic rings. The molecule has 0 bridgehead atoms. The van der Waals surface area contributed by atoms with E-state index in [2.05, 4.69) is 31.2 Å². The molecule has 2 heterocycles. The van der Waals surface area contributed by atoms with E-state index in [-0.39, 0.29) is 5.91 Å². The topological polar surface area (TPSA) is 80.9 Å². The summed E-state index contributed by atoms with van der Waals surface area (Å²) in [6.07, 6.45) is 4.47. The second-order valence-electron chi connectivity index (χ2n) is 4.07. The highest BCUT2D eigenvalue weighted by Gasteiger charge is 2.16. The van der Waals surface area contributed by atoms with Gasteiger partial charge in [-0.3, -0.25) is 4.79 Å². The molecule has 0 aliphatic rings. The third kappa shape index (κ3) is 2.37. The van der Waals surface area contributed by atoms with Gasteiger partial charge in [-0.05, 0) is 12.1 Å². The molecule has 3 rings (SSSR count). The van der Waals surface area contributed by atoms with E-state index in [0.29, 0.717) is 16.3 Å². The summed E-state index contributed by atoms with van der Waals surface area (Å²) in [7, 11) is 0. The molecule has 0 fully saturated rings. The number of anilines is 2. The molecule has 0 radical (unpaired) electrons. The van der Waals surface area contributed by atoms with Gasteiger partial charge in [0.1, 0.15) is 11.2 Å². The minimum Gasteiger partial charge on any atom is -0.397 e. The Morgan fingerprint density at radius 3 is 2.80 bits per heavy atom. The van der Waals surface area contributed by atoms with Crippen molar-refractivity contribution >= 4 is 54.6 Å². The van der Waals surface area contributed by atoms with E-state index in [4.69, 9.17) is 5.73 Å². The Morgan fingerprint density at radius 2 is 2.05 bits per heavy atom. The maximum Gasteiger partial charge on any atom is 0.267 e. The number of carbonyl (C=O) groups excluding carboxylic acids is 1. The normalized spacial score (nSPS) is 10.7. The molecule has 1 aromatic carbocycles. The lowest BCUT2D eigenvalue weighted by atomic mass is 10.2. The van der Waals surface area contributed by atoms with Crippen molar-refractivity contribution in [1.29, 1.82) is 0 Å². The van der Waals surface area contributed by atoms with E-state index < -0.39 is 0 Å². The van der Waals surface area contributed by atoms with Crippen molar-refractivity contribution in [2.75, 3.05) is 11.1 Å². The second-order valence-corrected chi connectivity index (χ2v) is 6.03. The van der Waals surface area contributed by atoms with Gasteiger partial charge in [-0.25, -0.2) is 9.97 Å². The SMILES string of the molecule is Nc1c(C(=O)Nc2cncnc2)sc2cc(Br)ccc12. The molecule has 0 aliphatic heterocycles. The number of nitrogens with zero attached hydrogens (tertiary/aromatic N) is 2. The zero-order chi connectivity index (χ0) is 14.1. The van der Waals surface area contributed by atoms with Gasteiger partial charge in [0.2, 0.25) is 0 Å². The van der Waals surface area contributed by atoms with Crippen LogP contribution >= 0.6 is 27.3 Å². The van der Waals surface area contributed by atoms with Gasteiger partial charge in [0.05, 0.1) is 23.8 Å². The van der Waals surface area contributed by atoms with E-state index in [9.17, 15) is 4.79 Å². The van der Waals surface area contributed by atoms with Crippen molar-refractivity contribution in [2.24, 2.45) is 0 Å². The first-order chi connectivity index (χ1) is 9.65. The number of fused-ring (bicyclic) bond motifs is 1. The van der Waals surface area contributed by atoms with Crippen LogP contribution in [0, 0.1) is 0 Å². The first kappa shape index (κ1) is 13.0. The summed E-state index contributed by atoms with van der Waals surface area (Å²) in [6.45, 7) is 0. The highest BCUT2D eigenvalue weighted by atomic mass is 79.9. The standard InChI is InChI=1S/C13H9BrN4OS/c14-7-1-2-9-10(3-7)20-12(11(9)15)13(19)18-8-4-16-6-17-5-8/h1-6H,15H2,(H,18,19). The van der Waals surface area contributed by atoms with Crippen molar-refractivity contribution in [3.05, 3.63) is 46.3 Å². The molecule has 100 valence electrons. The molecule has 5 nitrogen and oxygen atoms in total. The van der Waals surface area contributed by atoms with Gasteiger partial charge < -0.3 is 11.1 Å². The van der Waals surface area contributed by atoms with E-state index in [1.807, 2.05) is 18.2 Å². The van der Waals surface area contributed by atoms with Crippen LogP contribution in [0.1, 0.15) is 9.67 Å². The van der Waals surface area contributed by atoms with E-state index in [0.717, 1.165) is 14.6 Å². The Morgan fingerprint density at radius 1 is 1.30 bits per heavy atom. The highest BCUT2D eigenvalue weighted by molar-refractivity contribution is 9.10. The molecule has 1 amide bonds. The summed E-state index contributed by atoms with van der Waals surface area (Å²) in [6, 6.07) is 5.74. The number of aromatic nitrogens is 2. The van der Waals surface area contributed by atoms with Crippen molar-refractivity contribution in [2.45, 2.75) is 0 Å². The summed E-state index contributed by atoms with van der Waals surface area (Å²) in [5.41, 5.74) is 7.08. The number of benzene rings is 1. The molecule has 20 heavy (non-hydrogen) atoms. The monoisotopic (exact) mass is 348 g/mol. The molecule has 0 unspecified atom stereocenters. The van der Waals surface area contributed by atoms with Crippen molar-refractivity contribution in [3.8, 4) is 0 Å². The van der Waals surface area contributed by atoms with Crippen LogP contribution in [0.2, 0.25) is 0 Å². The lowest BCUT2D eigenvalue weighted by Gasteiger charge is -2.02. The second kappa shape index (κ2) is 5.18. The number of halogens is 1. The van der Waals surface area contributed by atoms with Crippen LogP contribution < -0.4 is 11.1 Å². The van der Waals surface area contributed by atoms with Gasteiger partial charge in [0, 0.05) is 14.6 Å². The number of nitrogen functional groups attached to an aromatic ring is 1. The third-order valence-corrected chi connectivity index (χ3v) is 4.38. The van der Waals surface area contributed by atoms with Crippen molar-refractivity contribution < 1.29 is 4.79 Å². The van der Waals surface area contributed by atoms with Crippen LogP contribution in [0.15, 0.2) is 41.4 Å². The third-order valence-electron chi connectivity index (χ3n) is 2.72. The number of carbonyl (C=O) groups is 1. The predicted octanol–water partition coefficient (Wildman–Crippen LogP) is 3.29. The largest absolute Gasteiger partial charge is 0.397 e. The van der Waals surface area contributed by atoms with Crippen LogP contribution in [0.3, 0.4) is 0 Å². The number of hydrogen-bond acceptors (Lipinski definition) is 5. The van der Waals surface area contributed by atoms with Gasteiger partial charge in [0.15, 0.2) is 0 Å². The smallest absolute Gasteiger partial charge is 0.267 e. The fraction of sp³-hybridized carbons (Fsp3) is 0. The average molecular weight is 349 g/mol.